The van der Waals surface area contributed by atoms with Gasteiger partial charge in [0.25, 0.3) is 0 Å². The highest BCUT2D eigenvalue weighted by Crippen LogP contribution is 2.22. The lowest BCUT2D eigenvalue weighted by Gasteiger charge is -2.21. The van der Waals surface area contributed by atoms with Gasteiger partial charge < -0.3 is 10.4 Å². The number of rotatable bonds is 3. The molecule has 1 aromatic carbocycles. The third-order valence-electron chi connectivity index (χ3n) is 3.53. The van der Waals surface area contributed by atoms with E-state index in [1.165, 1.54) is 0 Å². The van der Waals surface area contributed by atoms with Gasteiger partial charge in [-0.25, -0.2) is 8.42 Å². The Kier molecular flexibility index (Phi) is 4.45. The number of aliphatic hydroxyl groups is 1. The van der Waals surface area contributed by atoms with E-state index in [1.54, 1.807) is 31.2 Å². The highest BCUT2D eigenvalue weighted by atomic mass is 32.2. The molecule has 2 N–H and O–H groups in total. The minimum absolute atomic E-state index is 0.0893. The van der Waals surface area contributed by atoms with Gasteiger partial charge in [0.05, 0.1) is 11.9 Å². The van der Waals surface area contributed by atoms with Crippen molar-refractivity contribution in [1.29, 1.82) is 0 Å². The fourth-order valence-corrected chi connectivity index (χ4v) is 4.12. The molecule has 1 fully saturated rings. The molecule has 0 spiro atoms. The molecule has 2 atom stereocenters. The van der Waals surface area contributed by atoms with Crippen LogP contribution in [0.4, 0.5) is 5.69 Å². The zero-order valence-corrected chi connectivity index (χ0v) is 12.2. The topological polar surface area (TPSA) is 83.5 Å². The molecule has 1 heterocycles. The van der Waals surface area contributed by atoms with Crippen molar-refractivity contribution < 1.29 is 18.3 Å². The van der Waals surface area contributed by atoms with E-state index in [-0.39, 0.29) is 5.75 Å². The van der Waals surface area contributed by atoms with Crippen molar-refractivity contribution >= 4 is 21.4 Å². The van der Waals surface area contributed by atoms with Crippen molar-refractivity contribution in [2.75, 3.05) is 11.1 Å². The molecule has 0 aliphatic carbocycles. The Balaban J connectivity index is 2.07. The van der Waals surface area contributed by atoms with Gasteiger partial charge in [0.15, 0.2) is 9.84 Å². The molecular formula is C14H19NO4S. The fraction of sp³-hybridized carbons (Fsp3) is 0.500. The van der Waals surface area contributed by atoms with Crippen LogP contribution in [-0.4, -0.2) is 30.4 Å². The molecular weight excluding hydrogens is 278 g/mol. The summed E-state index contributed by atoms with van der Waals surface area (Å²) in [6.07, 6.45) is 1.21. The summed E-state index contributed by atoms with van der Waals surface area (Å²) in [5, 5.41) is 11.1. The van der Waals surface area contributed by atoms with Gasteiger partial charge in [-0.2, -0.15) is 0 Å². The smallest absolute Gasteiger partial charge is 0.242 e. The molecule has 1 aliphatic rings. The zero-order valence-electron chi connectivity index (χ0n) is 11.4. The van der Waals surface area contributed by atoms with Crippen LogP contribution in [0.15, 0.2) is 24.3 Å². The predicted molar refractivity (Wildman–Crippen MR) is 77.1 cm³/mol. The van der Waals surface area contributed by atoms with Gasteiger partial charge in [0, 0.05) is 5.69 Å². The first-order chi connectivity index (χ1) is 9.40. The molecule has 2 rings (SSSR count). The molecule has 1 aliphatic heterocycles. The monoisotopic (exact) mass is 297 g/mol. The molecule has 0 radical (unpaired) electrons. The number of aliphatic hydroxyl groups excluding tert-OH is 1. The molecule has 0 saturated carbocycles. The maximum atomic E-state index is 12.1. The van der Waals surface area contributed by atoms with Gasteiger partial charge in [-0.1, -0.05) is 18.6 Å². The van der Waals surface area contributed by atoms with E-state index < -0.39 is 27.1 Å². The second-order valence-corrected chi connectivity index (χ2v) is 7.44. The van der Waals surface area contributed by atoms with Crippen LogP contribution in [0.25, 0.3) is 0 Å². The number of nitrogens with one attached hydrogen (secondary N) is 1. The summed E-state index contributed by atoms with van der Waals surface area (Å²) in [6.45, 7) is 1.65. The van der Waals surface area contributed by atoms with Gasteiger partial charge >= 0.3 is 0 Å². The van der Waals surface area contributed by atoms with E-state index in [4.69, 9.17) is 0 Å². The van der Waals surface area contributed by atoms with E-state index in [1.807, 2.05) is 0 Å². The molecule has 1 aromatic rings. The number of hydrogen-bond donors (Lipinski definition) is 2. The van der Waals surface area contributed by atoms with Gasteiger partial charge in [0.1, 0.15) is 5.25 Å². The SMILES string of the molecule is CC(O)c1ccc(NC(=O)C2CCCCS2(=O)=O)cc1. The van der Waals surface area contributed by atoms with Crippen molar-refractivity contribution in [1.82, 2.24) is 0 Å². The van der Waals surface area contributed by atoms with Crippen LogP contribution in [0.5, 0.6) is 0 Å². The highest BCUT2D eigenvalue weighted by molar-refractivity contribution is 7.92. The minimum Gasteiger partial charge on any atom is -0.389 e. The molecule has 110 valence electrons. The van der Waals surface area contributed by atoms with Crippen LogP contribution in [-0.2, 0) is 14.6 Å². The molecule has 0 bridgehead atoms. The Hall–Kier alpha value is -1.40. The van der Waals surface area contributed by atoms with Gasteiger partial charge in [-0.3, -0.25) is 4.79 Å². The second kappa shape index (κ2) is 5.93. The Labute approximate surface area is 118 Å². The van der Waals surface area contributed by atoms with Crippen LogP contribution in [0.3, 0.4) is 0 Å². The summed E-state index contributed by atoms with van der Waals surface area (Å²) >= 11 is 0. The molecule has 5 nitrogen and oxygen atoms in total. The maximum absolute atomic E-state index is 12.1. The average molecular weight is 297 g/mol. The molecule has 2 unspecified atom stereocenters. The molecule has 0 aromatic heterocycles. The zero-order chi connectivity index (χ0) is 14.8. The number of carbonyl (C=O) groups excluding carboxylic acids is 1. The Morgan fingerprint density at radius 1 is 1.30 bits per heavy atom. The van der Waals surface area contributed by atoms with Crippen molar-refractivity contribution in [2.45, 2.75) is 37.5 Å². The normalized spacial score (nSPS) is 23.0. The third kappa shape index (κ3) is 3.37. The molecule has 1 amide bonds. The first-order valence-corrected chi connectivity index (χ1v) is 8.42. The summed E-state index contributed by atoms with van der Waals surface area (Å²) in [5.41, 5.74) is 1.29. The lowest BCUT2D eigenvalue weighted by Crippen LogP contribution is -2.39. The number of amides is 1. The van der Waals surface area contributed by atoms with Crippen LogP contribution in [0, 0.1) is 0 Å². The van der Waals surface area contributed by atoms with Crippen molar-refractivity contribution in [2.24, 2.45) is 0 Å². The lowest BCUT2D eigenvalue weighted by atomic mass is 10.1. The average Bonchev–Trinajstić information content (AvgIpc) is 2.38. The van der Waals surface area contributed by atoms with E-state index in [2.05, 4.69) is 5.32 Å². The van der Waals surface area contributed by atoms with Gasteiger partial charge in [0.2, 0.25) is 5.91 Å². The maximum Gasteiger partial charge on any atom is 0.242 e. The van der Waals surface area contributed by atoms with Gasteiger partial charge in [-0.05, 0) is 37.5 Å². The van der Waals surface area contributed by atoms with Gasteiger partial charge in [-0.15, -0.1) is 0 Å². The Morgan fingerprint density at radius 3 is 2.50 bits per heavy atom. The largest absolute Gasteiger partial charge is 0.389 e. The molecule has 20 heavy (non-hydrogen) atoms. The van der Waals surface area contributed by atoms with Crippen molar-refractivity contribution in [3.05, 3.63) is 29.8 Å². The standard InChI is InChI=1S/C14H19NO4S/c1-10(16)11-5-7-12(8-6-11)15-14(17)13-4-2-3-9-20(13,18)19/h5-8,10,13,16H,2-4,9H2,1H3,(H,15,17). The third-order valence-corrected chi connectivity index (χ3v) is 5.71. The van der Waals surface area contributed by atoms with Crippen LogP contribution in [0.1, 0.15) is 37.9 Å². The minimum atomic E-state index is -3.32. The number of carbonyl (C=O) groups is 1. The first-order valence-electron chi connectivity index (χ1n) is 6.70. The number of hydrogen-bond acceptors (Lipinski definition) is 4. The van der Waals surface area contributed by atoms with E-state index in [9.17, 15) is 18.3 Å². The summed E-state index contributed by atoms with van der Waals surface area (Å²) < 4.78 is 23.7. The first kappa shape index (κ1) is 15.0. The molecule has 6 heteroatoms. The Bertz CT molecular complexity index is 578. The lowest BCUT2D eigenvalue weighted by molar-refractivity contribution is -0.116. The van der Waals surface area contributed by atoms with Crippen molar-refractivity contribution in [3.63, 3.8) is 0 Å². The number of anilines is 1. The Morgan fingerprint density at radius 2 is 1.95 bits per heavy atom. The highest BCUT2D eigenvalue weighted by Gasteiger charge is 2.34. The fourth-order valence-electron chi connectivity index (χ4n) is 2.32. The second-order valence-electron chi connectivity index (χ2n) is 5.14. The van der Waals surface area contributed by atoms with E-state index >= 15 is 0 Å². The van der Waals surface area contributed by atoms with Crippen LogP contribution >= 0.6 is 0 Å². The van der Waals surface area contributed by atoms with E-state index in [0.29, 0.717) is 18.5 Å². The van der Waals surface area contributed by atoms with Crippen LogP contribution in [0.2, 0.25) is 0 Å². The molecule has 1 saturated heterocycles. The summed E-state index contributed by atoms with van der Waals surface area (Å²) in [7, 11) is -3.32. The number of sulfone groups is 1. The van der Waals surface area contributed by atoms with Crippen molar-refractivity contribution in [3.8, 4) is 0 Å². The summed E-state index contributed by atoms with van der Waals surface area (Å²) in [5.74, 6) is -0.374. The summed E-state index contributed by atoms with van der Waals surface area (Å²) in [4.78, 5) is 12.1. The summed E-state index contributed by atoms with van der Waals surface area (Å²) in [6, 6.07) is 6.73. The quantitative estimate of drug-likeness (QED) is 0.888. The predicted octanol–water partition coefficient (Wildman–Crippen LogP) is 1.65. The van der Waals surface area contributed by atoms with E-state index in [0.717, 1.165) is 12.0 Å². The van der Waals surface area contributed by atoms with Crippen LogP contribution < -0.4 is 5.32 Å². The number of benzene rings is 1.